The van der Waals surface area contributed by atoms with Crippen LogP contribution in [0.3, 0.4) is 0 Å². The van der Waals surface area contributed by atoms with E-state index in [9.17, 15) is 0 Å². The number of hydrogen-bond donors (Lipinski definition) is 0. The summed E-state index contributed by atoms with van der Waals surface area (Å²) in [6, 6.07) is 67.6. The van der Waals surface area contributed by atoms with Gasteiger partial charge in [-0.1, -0.05) is 140 Å². The first-order valence-corrected chi connectivity index (χ1v) is 18.1. The molecule has 0 saturated heterocycles. The number of fused-ring (bicyclic) bond motifs is 7. The van der Waals surface area contributed by atoms with E-state index in [-0.39, 0.29) is 0 Å². The van der Waals surface area contributed by atoms with Gasteiger partial charge in [-0.05, 0) is 103 Å². The minimum Gasteiger partial charge on any atom is -0.278 e. The van der Waals surface area contributed by atoms with Gasteiger partial charge in [-0.3, -0.25) is 4.57 Å². The summed E-state index contributed by atoms with van der Waals surface area (Å²) in [5.74, 6) is 0.654. The summed E-state index contributed by atoms with van der Waals surface area (Å²) in [5, 5.41) is 10.6. The summed E-state index contributed by atoms with van der Waals surface area (Å²) >= 11 is 0. The van der Waals surface area contributed by atoms with Gasteiger partial charge in [-0.25, -0.2) is 9.97 Å². The van der Waals surface area contributed by atoms with Gasteiger partial charge in [0.2, 0.25) is 5.95 Å². The van der Waals surface area contributed by atoms with Crippen LogP contribution in [-0.4, -0.2) is 14.5 Å². The van der Waals surface area contributed by atoms with E-state index < -0.39 is 0 Å². The van der Waals surface area contributed by atoms with Crippen LogP contribution in [0.15, 0.2) is 188 Å². The molecule has 2 heterocycles. The number of benzene rings is 9. The van der Waals surface area contributed by atoms with Crippen molar-refractivity contribution in [2.75, 3.05) is 0 Å². The number of aromatic nitrogens is 3. The molecule has 0 bridgehead atoms. The van der Waals surface area contributed by atoms with E-state index in [0.29, 0.717) is 5.95 Å². The Balaban J connectivity index is 1.19. The molecule has 11 rings (SSSR count). The smallest absolute Gasteiger partial charge is 0.235 e. The molecule has 0 aliphatic heterocycles. The van der Waals surface area contributed by atoms with Crippen molar-refractivity contribution in [1.29, 1.82) is 0 Å². The van der Waals surface area contributed by atoms with Crippen LogP contribution in [0.25, 0.3) is 104 Å². The van der Waals surface area contributed by atoms with Crippen LogP contribution < -0.4 is 0 Å². The Bertz CT molecular complexity index is 3230. The van der Waals surface area contributed by atoms with E-state index in [0.717, 1.165) is 38.8 Å². The molecule has 0 aliphatic rings. The monoisotopic (exact) mass is 673 g/mol. The van der Waals surface area contributed by atoms with Crippen molar-refractivity contribution in [1.82, 2.24) is 14.5 Å². The summed E-state index contributed by atoms with van der Waals surface area (Å²) in [6.45, 7) is 0. The van der Waals surface area contributed by atoms with Crippen molar-refractivity contribution in [2.45, 2.75) is 0 Å². The van der Waals surface area contributed by atoms with Crippen LogP contribution in [0.2, 0.25) is 0 Å². The Morgan fingerprint density at radius 2 is 0.811 bits per heavy atom. The standard InChI is InChI=1S/C50H31N3/c1-2-10-32(11-3-1)40-22-24-46-45(30-40)49(42-21-19-34-13-5-7-15-36(34)27-42)52-50(51-46)53-47-25-23-41(39-20-18-33-12-4-6-14-35(33)26-39)29-43(47)44-28-37-16-8-9-17-38(37)31-48(44)53/h1-31H. The van der Waals surface area contributed by atoms with Crippen molar-refractivity contribution in [2.24, 2.45) is 0 Å². The van der Waals surface area contributed by atoms with Crippen LogP contribution in [0.4, 0.5) is 0 Å². The maximum Gasteiger partial charge on any atom is 0.235 e. The highest BCUT2D eigenvalue weighted by Gasteiger charge is 2.19. The minimum absolute atomic E-state index is 0.654. The topological polar surface area (TPSA) is 30.7 Å². The first kappa shape index (κ1) is 29.6. The molecule has 0 fully saturated rings. The fourth-order valence-electron chi connectivity index (χ4n) is 8.05. The van der Waals surface area contributed by atoms with Gasteiger partial charge in [0.05, 0.1) is 22.2 Å². The number of hydrogen-bond acceptors (Lipinski definition) is 2. The van der Waals surface area contributed by atoms with Crippen LogP contribution in [0, 0.1) is 0 Å². The lowest BCUT2D eigenvalue weighted by atomic mass is 9.99. The van der Waals surface area contributed by atoms with Crippen molar-refractivity contribution in [3.05, 3.63) is 188 Å². The van der Waals surface area contributed by atoms with Gasteiger partial charge in [-0.2, -0.15) is 0 Å². The first-order chi connectivity index (χ1) is 26.2. The fourth-order valence-corrected chi connectivity index (χ4v) is 8.05. The largest absolute Gasteiger partial charge is 0.278 e. The molecule has 0 aliphatic carbocycles. The Morgan fingerprint density at radius 1 is 0.302 bits per heavy atom. The summed E-state index contributed by atoms with van der Waals surface area (Å²) in [6.07, 6.45) is 0. The maximum absolute atomic E-state index is 5.50. The van der Waals surface area contributed by atoms with Crippen molar-refractivity contribution in [3.63, 3.8) is 0 Å². The molecule has 9 aromatic carbocycles. The second kappa shape index (κ2) is 11.7. The van der Waals surface area contributed by atoms with Gasteiger partial charge < -0.3 is 0 Å². The molecule has 0 amide bonds. The lowest BCUT2D eigenvalue weighted by Crippen LogP contribution is -2.03. The molecule has 11 aromatic rings. The second-order valence-electron chi connectivity index (χ2n) is 13.9. The molecule has 0 unspecified atom stereocenters. The predicted octanol–water partition coefficient (Wildman–Crippen LogP) is 13.2. The van der Waals surface area contributed by atoms with Gasteiger partial charge >= 0.3 is 0 Å². The van der Waals surface area contributed by atoms with E-state index in [4.69, 9.17) is 9.97 Å². The van der Waals surface area contributed by atoms with Gasteiger partial charge in [0.25, 0.3) is 0 Å². The van der Waals surface area contributed by atoms with Gasteiger partial charge in [0.15, 0.2) is 0 Å². The van der Waals surface area contributed by atoms with E-state index >= 15 is 0 Å². The van der Waals surface area contributed by atoms with Gasteiger partial charge in [0.1, 0.15) is 0 Å². The van der Waals surface area contributed by atoms with E-state index in [1.165, 1.54) is 59.8 Å². The molecule has 2 aromatic heterocycles. The lowest BCUT2D eigenvalue weighted by molar-refractivity contribution is 1.01. The molecule has 0 radical (unpaired) electrons. The average molecular weight is 674 g/mol. The van der Waals surface area contributed by atoms with Crippen molar-refractivity contribution in [3.8, 4) is 39.5 Å². The second-order valence-corrected chi connectivity index (χ2v) is 13.9. The van der Waals surface area contributed by atoms with E-state index in [1.54, 1.807) is 0 Å². The summed E-state index contributed by atoms with van der Waals surface area (Å²) in [4.78, 5) is 10.9. The first-order valence-electron chi connectivity index (χ1n) is 18.1. The highest BCUT2D eigenvalue weighted by atomic mass is 15.2. The lowest BCUT2D eigenvalue weighted by Gasteiger charge is -2.14. The third-order valence-corrected chi connectivity index (χ3v) is 10.7. The minimum atomic E-state index is 0.654. The van der Waals surface area contributed by atoms with Crippen LogP contribution in [-0.2, 0) is 0 Å². The quantitative estimate of drug-likeness (QED) is 0.186. The van der Waals surface area contributed by atoms with Crippen LogP contribution >= 0.6 is 0 Å². The highest BCUT2D eigenvalue weighted by Crippen LogP contribution is 2.39. The molecular formula is C50H31N3. The summed E-state index contributed by atoms with van der Waals surface area (Å²) in [5.41, 5.74) is 9.72. The Morgan fingerprint density at radius 3 is 1.55 bits per heavy atom. The van der Waals surface area contributed by atoms with E-state index in [2.05, 4.69) is 193 Å². The molecule has 3 heteroatoms. The van der Waals surface area contributed by atoms with Crippen molar-refractivity contribution >= 4 is 65.0 Å². The SMILES string of the molecule is c1ccc(-c2ccc3nc(-n4c5ccc(-c6ccc7ccccc7c6)cc5c5cc6ccccc6cc54)nc(-c4ccc5ccccc5c4)c3c2)cc1. The Hall–Kier alpha value is -7.10. The van der Waals surface area contributed by atoms with Crippen LogP contribution in [0.5, 0.6) is 0 Å². The third-order valence-electron chi connectivity index (χ3n) is 10.7. The summed E-state index contributed by atoms with van der Waals surface area (Å²) < 4.78 is 2.26. The zero-order chi connectivity index (χ0) is 34.9. The Kier molecular flexibility index (Phi) is 6.55. The van der Waals surface area contributed by atoms with E-state index in [1.807, 2.05) is 0 Å². The molecule has 0 atom stereocenters. The van der Waals surface area contributed by atoms with Gasteiger partial charge in [-0.15, -0.1) is 0 Å². The molecule has 53 heavy (non-hydrogen) atoms. The third kappa shape index (κ3) is 4.90. The molecule has 0 spiro atoms. The van der Waals surface area contributed by atoms with Crippen LogP contribution in [0.1, 0.15) is 0 Å². The van der Waals surface area contributed by atoms with Crippen molar-refractivity contribution < 1.29 is 0 Å². The number of rotatable bonds is 4. The van der Waals surface area contributed by atoms with Gasteiger partial charge in [0, 0.05) is 21.7 Å². The Labute approximate surface area is 306 Å². The fraction of sp³-hybridized carbons (Fsp3) is 0. The average Bonchev–Trinajstić information content (AvgIpc) is 3.54. The molecule has 0 N–H and O–H groups in total. The number of nitrogens with zero attached hydrogens (tertiary/aromatic N) is 3. The molecular weight excluding hydrogens is 643 g/mol. The molecule has 0 saturated carbocycles. The maximum atomic E-state index is 5.50. The zero-order valence-corrected chi connectivity index (χ0v) is 28.7. The molecule has 246 valence electrons. The molecule has 3 nitrogen and oxygen atoms in total. The zero-order valence-electron chi connectivity index (χ0n) is 28.7. The normalized spacial score (nSPS) is 11.8. The summed E-state index contributed by atoms with van der Waals surface area (Å²) in [7, 11) is 0. The highest BCUT2D eigenvalue weighted by molar-refractivity contribution is 6.14. The predicted molar refractivity (Wildman–Crippen MR) is 223 cm³/mol.